The van der Waals surface area contributed by atoms with Crippen molar-refractivity contribution >= 4 is 33.8 Å². The van der Waals surface area contributed by atoms with Gasteiger partial charge in [0.25, 0.3) is 5.88 Å². The van der Waals surface area contributed by atoms with E-state index in [0.717, 1.165) is 6.20 Å². The number of pyridine rings is 2. The zero-order valence-corrected chi connectivity index (χ0v) is 11.9. The van der Waals surface area contributed by atoms with Gasteiger partial charge in [0.15, 0.2) is 5.65 Å². The lowest BCUT2D eigenvalue weighted by atomic mass is 10.1. The third-order valence-electron chi connectivity index (χ3n) is 3.01. The van der Waals surface area contributed by atoms with Gasteiger partial charge in [0.1, 0.15) is 17.6 Å². The zero-order valence-electron chi connectivity index (χ0n) is 11.9. The summed E-state index contributed by atoms with van der Waals surface area (Å²) in [6, 6.07) is 0. The molecule has 0 spiro atoms. The number of methoxy groups -OCH3 is 1. The Bertz CT molecular complexity index is 777. The van der Waals surface area contributed by atoms with Gasteiger partial charge in [0, 0.05) is 14.1 Å². The monoisotopic (exact) mass is 308 g/mol. The van der Waals surface area contributed by atoms with Crippen molar-refractivity contribution in [1.82, 2.24) is 9.97 Å². The molecule has 0 radical (unpaired) electrons. The van der Waals surface area contributed by atoms with Crippen LogP contribution in [0.2, 0.25) is 0 Å². The second kappa shape index (κ2) is 5.63. The first-order chi connectivity index (χ1) is 10.5. The first kappa shape index (κ1) is 15.2. The Morgan fingerprint density at radius 3 is 2.23 bits per heavy atom. The molecule has 0 bridgehead atoms. The van der Waals surface area contributed by atoms with Gasteiger partial charge in [-0.05, 0) is 0 Å². The summed E-state index contributed by atoms with van der Waals surface area (Å²) in [4.78, 5) is 28.9. The number of anilines is 2. The SMILES string of the molecule is CNc1c([N+](=O)[O-])cnc2nc(OC)c([N+](=O)[O-])c(NC)c12. The molecule has 2 aromatic heterocycles. The summed E-state index contributed by atoms with van der Waals surface area (Å²) >= 11 is 0. The van der Waals surface area contributed by atoms with Crippen molar-refractivity contribution in [2.24, 2.45) is 0 Å². The third-order valence-corrected chi connectivity index (χ3v) is 3.01. The predicted octanol–water partition coefficient (Wildman–Crippen LogP) is 1.54. The van der Waals surface area contributed by atoms with Gasteiger partial charge in [-0.3, -0.25) is 20.2 Å². The highest BCUT2D eigenvalue weighted by Crippen LogP contribution is 2.43. The average Bonchev–Trinajstić information content (AvgIpc) is 2.50. The Labute approximate surface area is 123 Å². The number of nitrogens with one attached hydrogen (secondary N) is 2. The number of ether oxygens (including phenoxy) is 1. The molecule has 0 atom stereocenters. The Balaban J connectivity index is 3.04. The van der Waals surface area contributed by atoms with Gasteiger partial charge in [-0.1, -0.05) is 0 Å². The lowest BCUT2D eigenvalue weighted by Crippen LogP contribution is -2.06. The Kier molecular flexibility index (Phi) is 3.88. The smallest absolute Gasteiger partial charge is 0.354 e. The molecule has 2 aromatic rings. The lowest BCUT2D eigenvalue weighted by Gasteiger charge is -2.12. The number of hydrogen-bond acceptors (Lipinski definition) is 9. The Morgan fingerprint density at radius 2 is 1.77 bits per heavy atom. The second-order valence-corrected chi connectivity index (χ2v) is 4.08. The summed E-state index contributed by atoms with van der Waals surface area (Å²) in [6.07, 6.45) is 1.03. The van der Waals surface area contributed by atoms with Gasteiger partial charge in [-0.25, -0.2) is 4.98 Å². The molecular weight excluding hydrogens is 296 g/mol. The Morgan fingerprint density at radius 1 is 1.14 bits per heavy atom. The molecule has 2 heterocycles. The van der Waals surface area contributed by atoms with Crippen LogP contribution in [0, 0.1) is 20.2 Å². The van der Waals surface area contributed by atoms with Crippen molar-refractivity contribution in [2.45, 2.75) is 0 Å². The number of nitrogens with zero attached hydrogens (tertiary/aromatic N) is 4. The molecule has 11 nitrogen and oxygen atoms in total. The van der Waals surface area contributed by atoms with Crippen molar-refractivity contribution in [3.05, 3.63) is 26.4 Å². The fourth-order valence-electron chi connectivity index (χ4n) is 2.13. The first-order valence-corrected chi connectivity index (χ1v) is 6.01. The van der Waals surface area contributed by atoms with E-state index in [0.29, 0.717) is 0 Å². The molecule has 11 heteroatoms. The van der Waals surface area contributed by atoms with Crippen LogP contribution in [0.15, 0.2) is 6.20 Å². The number of rotatable bonds is 5. The minimum atomic E-state index is -0.671. The highest BCUT2D eigenvalue weighted by Gasteiger charge is 2.30. The van der Waals surface area contributed by atoms with Gasteiger partial charge < -0.3 is 15.4 Å². The summed E-state index contributed by atoms with van der Waals surface area (Å²) in [6.45, 7) is 0. The molecule has 116 valence electrons. The predicted molar refractivity (Wildman–Crippen MR) is 78.5 cm³/mol. The fraction of sp³-hybridized carbons (Fsp3) is 0.273. The average molecular weight is 308 g/mol. The van der Waals surface area contributed by atoms with Crippen LogP contribution in [0.25, 0.3) is 11.0 Å². The van der Waals surface area contributed by atoms with E-state index in [-0.39, 0.29) is 34.0 Å². The summed E-state index contributed by atoms with van der Waals surface area (Å²) < 4.78 is 4.92. The number of nitro groups is 2. The Hall–Kier alpha value is -3.24. The topological polar surface area (TPSA) is 145 Å². The van der Waals surface area contributed by atoms with Crippen molar-refractivity contribution in [2.75, 3.05) is 31.8 Å². The molecule has 0 aliphatic heterocycles. The van der Waals surface area contributed by atoms with Crippen molar-refractivity contribution in [3.8, 4) is 5.88 Å². The molecule has 0 amide bonds. The highest BCUT2D eigenvalue weighted by molar-refractivity contribution is 6.06. The van der Waals surface area contributed by atoms with Crippen molar-refractivity contribution < 1.29 is 14.6 Å². The molecule has 0 aromatic carbocycles. The number of fused-ring (bicyclic) bond motifs is 1. The van der Waals surface area contributed by atoms with Crippen molar-refractivity contribution in [1.29, 1.82) is 0 Å². The summed E-state index contributed by atoms with van der Waals surface area (Å²) in [7, 11) is 4.17. The molecular formula is C11H12N6O5. The van der Waals surface area contributed by atoms with Crippen LogP contribution in [0.1, 0.15) is 0 Å². The van der Waals surface area contributed by atoms with E-state index in [1.807, 2.05) is 0 Å². The maximum Gasteiger partial charge on any atom is 0.354 e. The van der Waals surface area contributed by atoms with Crippen LogP contribution in [-0.2, 0) is 0 Å². The molecule has 0 saturated heterocycles. The van der Waals surface area contributed by atoms with Crippen LogP contribution in [0.5, 0.6) is 5.88 Å². The summed E-state index contributed by atoms with van der Waals surface area (Å²) in [5.41, 5.74) is -0.532. The van der Waals surface area contributed by atoms with Crippen molar-refractivity contribution in [3.63, 3.8) is 0 Å². The van der Waals surface area contributed by atoms with E-state index in [4.69, 9.17) is 4.74 Å². The van der Waals surface area contributed by atoms with Crippen LogP contribution < -0.4 is 15.4 Å². The molecule has 2 N–H and O–H groups in total. The van der Waals surface area contributed by atoms with Gasteiger partial charge in [0.2, 0.25) is 0 Å². The van der Waals surface area contributed by atoms with Crippen LogP contribution >= 0.6 is 0 Å². The van der Waals surface area contributed by atoms with E-state index < -0.39 is 15.5 Å². The minimum Gasteiger partial charge on any atom is -0.476 e. The minimum absolute atomic E-state index is 0.0346. The van der Waals surface area contributed by atoms with E-state index in [2.05, 4.69) is 20.6 Å². The van der Waals surface area contributed by atoms with Gasteiger partial charge in [-0.15, -0.1) is 0 Å². The van der Waals surface area contributed by atoms with Crippen LogP contribution in [-0.4, -0.2) is 41.0 Å². The maximum absolute atomic E-state index is 11.3. The lowest BCUT2D eigenvalue weighted by molar-refractivity contribution is -0.385. The number of aromatic nitrogens is 2. The third kappa shape index (κ3) is 2.17. The summed E-state index contributed by atoms with van der Waals surface area (Å²) in [5.74, 6) is -0.231. The van der Waals surface area contributed by atoms with Crippen LogP contribution in [0.4, 0.5) is 22.7 Å². The standard InChI is InChI=1S/C11H12N6O5/c1-12-7-5(16(18)19)4-14-10-6(7)8(13-2)9(17(20)21)11(15-10)22-3/h4H,1-3H3,(H2,12,13,14,15). The quantitative estimate of drug-likeness (QED) is 0.620. The first-order valence-electron chi connectivity index (χ1n) is 6.01. The molecule has 0 aliphatic carbocycles. The molecule has 0 unspecified atom stereocenters. The molecule has 0 fully saturated rings. The normalized spacial score (nSPS) is 10.3. The van der Waals surface area contributed by atoms with Gasteiger partial charge in [-0.2, -0.15) is 4.98 Å². The van der Waals surface area contributed by atoms with E-state index >= 15 is 0 Å². The molecule has 0 saturated carbocycles. The second-order valence-electron chi connectivity index (χ2n) is 4.08. The molecule has 2 rings (SSSR count). The molecule has 22 heavy (non-hydrogen) atoms. The largest absolute Gasteiger partial charge is 0.476 e. The molecule has 0 aliphatic rings. The highest BCUT2D eigenvalue weighted by atomic mass is 16.6. The fourth-order valence-corrected chi connectivity index (χ4v) is 2.13. The maximum atomic E-state index is 11.3. The number of hydrogen-bond donors (Lipinski definition) is 2. The van der Waals surface area contributed by atoms with Crippen LogP contribution in [0.3, 0.4) is 0 Å². The van der Waals surface area contributed by atoms with E-state index in [9.17, 15) is 20.2 Å². The van der Waals surface area contributed by atoms with Gasteiger partial charge >= 0.3 is 11.4 Å². The van der Waals surface area contributed by atoms with E-state index in [1.165, 1.54) is 21.2 Å². The van der Waals surface area contributed by atoms with E-state index in [1.54, 1.807) is 0 Å². The van der Waals surface area contributed by atoms with Gasteiger partial charge in [0.05, 0.1) is 22.3 Å². The zero-order chi connectivity index (χ0) is 16.4. The summed E-state index contributed by atoms with van der Waals surface area (Å²) in [5, 5.41) is 27.9.